The summed E-state index contributed by atoms with van der Waals surface area (Å²) in [5.74, 6) is 1.29. The third-order valence-corrected chi connectivity index (χ3v) is 5.40. The van der Waals surface area contributed by atoms with E-state index in [9.17, 15) is 0 Å². The van der Waals surface area contributed by atoms with Crippen LogP contribution in [0.1, 0.15) is 55.0 Å². The van der Waals surface area contributed by atoms with Crippen LogP contribution < -0.4 is 0 Å². The highest BCUT2D eigenvalue weighted by molar-refractivity contribution is 5.76. The van der Waals surface area contributed by atoms with Crippen LogP contribution in [-0.2, 0) is 6.42 Å². The van der Waals surface area contributed by atoms with E-state index in [1.165, 1.54) is 27.8 Å². The molecule has 1 heteroatoms. The van der Waals surface area contributed by atoms with Crippen LogP contribution in [0.5, 0.6) is 0 Å². The van der Waals surface area contributed by atoms with Crippen molar-refractivity contribution in [2.75, 3.05) is 6.54 Å². The first-order chi connectivity index (χ1) is 12.1. The lowest BCUT2D eigenvalue weighted by Gasteiger charge is -2.40. The highest BCUT2D eigenvalue weighted by atomic mass is 15.1. The summed E-state index contributed by atoms with van der Waals surface area (Å²) >= 11 is 0. The minimum atomic E-state index is 0.364. The van der Waals surface area contributed by atoms with E-state index in [-0.39, 0.29) is 0 Å². The van der Waals surface area contributed by atoms with Gasteiger partial charge in [-0.15, -0.1) is 0 Å². The summed E-state index contributed by atoms with van der Waals surface area (Å²) in [6.45, 7) is 7.97. The number of fused-ring (bicyclic) bond motifs is 3. The molecule has 2 atom stereocenters. The predicted octanol–water partition coefficient (Wildman–Crippen LogP) is 5.96. The van der Waals surface area contributed by atoms with E-state index in [2.05, 4.69) is 92.6 Å². The Morgan fingerprint density at radius 3 is 2.44 bits per heavy atom. The van der Waals surface area contributed by atoms with E-state index in [0.29, 0.717) is 17.9 Å². The number of hydrogen-bond donors (Lipinski definition) is 0. The monoisotopic (exact) mass is 329 g/mol. The Bertz CT molecular complexity index is 810. The van der Waals surface area contributed by atoms with Gasteiger partial charge in [-0.1, -0.05) is 69.3 Å². The van der Waals surface area contributed by atoms with Crippen LogP contribution >= 0.6 is 0 Å². The summed E-state index contributed by atoms with van der Waals surface area (Å²) in [4.78, 5) is 2.48. The van der Waals surface area contributed by atoms with E-state index >= 15 is 0 Å². The summed E-state index contributed by atoms with van der Waals surface area (Å²) in [5, 5.41) is 0. The van der Waals surface area contributed by atoms with Gasteiger partial charge in [-0.25, -0.2) is 0 Å². The number of benzene rings is 2. The number of allylic oxidation sites excluding steroid dienone is 2. The Balaban J connectivity index is 1.65. The maximum atomic E-state index is 2.48. The first-order valence-corrected chi connectivity index (χ1v) is 9.45. The second-order valence-corrected chi connectivity index (χ2v) is 7.90. The van der Waals surface area contributed by atoms with Gasteiger partial charge in [0.25, 0.3) is 0 Å². The molecule has 2 aromatic carbocycles. The molecule has 25 heavy (non-hydrogen) atoms. The lowest BCUT2D eigenvalue weighted by molar-refractivity contribution is 0.282. The third-order valence-electron chi connectivity index (χ3n) is 5.40. The first-order valence-electron chi connectivity index (χ1n) is 9.45. The zero-order valence-corrected chi connectivity index (χ0v) is 15.4. The first kappa shape index (κ1) is 16.2. The van der Waals surface area contributed by atoms with Gasteiger partial charge < -0.3 is 4.90 Å². The van der Waals surface area contributed by atoms with Crippen molar-refractivity contribution in [1.82, 2.24) is 4.90 Å². The second-order valence-electron chi connectivity index (χ2n) is 7.90. The fraction of sp³-hybridized carbons (Fsp3) is 0.333. The average molecular weight is 329 g/mol. The molecule has 0 aromatic heterocycles. The molecule has 0 bridgehead atoms. The fourth-order valence-electron chi connectivity index (χ4n) is 4.17. The molecule has 4 rings (SSSR count). The summed E-state index contributed by atoms with van der Waals surface area (Å²) < 4.78 is 0. The molecule has 0 amide bonds. The molecule has 0 spiro atoms. The van der Waals surface area contributed by atoms with E-state index in [0.717, 1.165) is 13.0 Å². The molecule has 0 saturated carbocycles. The van der Waals surface area contributed by atoms with Gasteiger partial charge in [0.1, 0.15) is 0 Å². The van der Waals surface area contributed by atoms with Gasteiger partial charge in [0.05, 0.1) is 6.04 Å². The van der Waals surface area contributed by atoms with E-state index in [1.54, 1.807) is 0 Å². The summed E-state index contributed by atoms with van der Waals surface area (Å²) in [7, 11) is 0. The second kappa shape index (κ2) is 6.55. The molecule has 0 fully saturated rings. The van der Waals surface area contributed by atoms with Crippen LogP contribution in [0.3, 0.4) is 0 Å². The molecule has 2 aliphatic rings. The van der Waals surface area contributed by atoms with E-state index in [1.807, 2.05) is 0 Å². The standard InChI is InChI=1S/C24H27N/c1-17(2)14-19-8-10-20(11-9-19)21-12-13-25-16-18(3)22-6-4-5-7-23(22)24(25)15-21/h4-13,15,17-18,24H,14,16H2,1-3H3/t18-,24?/m0/s1. The highest BCUT2D eigenvalue weighted by Gasteiger charge is 2.29. The molecule has 0 N–H and O–H groups in total. The molecule has 0 aliphatic carbocycles. The van der Waals surface area contributed by atoms with Crippen LogP contribution in [-0.4, -0.2) is 11.4 Å². The zero-order valence-electron chi connectivity index (χ0n) is 15.4. The van der Waals surface area contributed by atoms with Crippen LogP contribution in [0.25, 0.3) is 5.57 Å². The third kappa shape index (κ3) is 3.16. The fourth-order valence-corrected chi connectivity index (χ4v) is 4.17. The van der Waals surface area contributed by atoms with Crippen molar-refractivity contribution in [2.45, 2.75) is 39.2 Å². The Morgan fingerprint density at radius 1 is 1.00 bits per heavy atom. The van der Waals surface area contributed by atoms with Crippen LogP contribution in [0.15, 0.2) is 66.9 Å². The SMILES string of the molecule is CC(C)Cc1ccc(C2=CC3c4ccccc4[C@@H](C)CN3C=C2)cc1. The largest absolute Gasteiger partial charge is 0.366 e. The molecule has 0 radical (unpaired) electrons. The maximum absolute atomic E-state index is 2.48. The van der Waals surface area contributed by atoms with Gasteiger partial charge in [0.2, 0.25) is 0 Å². The van der Waals surface area contributed by atoms with Crippen molar-refractivity contribution in [3.8, 4) is 0 Å². The average Bonchev–Trinajstić information content (AvgIpc) is 2.62. The van der Waals surface area contributed by atoms with Gasteiger partial charge in [-0.3, -0.25) is 0 Å². The Hall–Kier alpha value is -2.28. The smallest absolute Gasteiger partial charge is 0.0733 e. The summed E-state index contributed by atoms with van der Waals surface area (Å²) in [5.41, 5.74) is 7.04. The number of hydrogen-bond acceptors (Lipinski definition) is 1. The highest BCUT2D eigenvalue weighted by Crippen LogP contribution is 2.40. The van der Waals surface area contributed by atoms with E-state index in [4.69, 9.17) is 0 Å². The summed E-state index contributed by atoms with van der Waals surface area (Å²) in [6, 6.07) is 18.4. The molecule has 0 saturated heterocycles. The Kier molecular flexibility index (Phi) is 4.25. The minimum Gasteiger partial charge on any atom is -0.366 e. The zero-order chi connectivity index (χ0) is 17.4. The normalized spacial score (nSPS) is 21.8. The van der Waals surface area contributed by atoms with Crippen molar-refractivity contribution < 1.29 is 0 Å². The lowest BCUT2D eigenvalue weighted by Crippen LogP contribution is -2.33. The molecule has 1 unspecified atom stereocenters. The Morgan fingerprint density at radius 2 is 1.72 bits per heavy atom. The molecule has 1 nitrogen and oxygen atoms in total. The summed E-state index contributed by atoms with van der Waals surface area (Å²) in [6.07, 6.45) is 8.14. The van der Waals surface area contributed by atoms with Gasteiger partial charge in [-0.2, -0.15) is 0 Å². The molecule has 2 aliphatic heterocycles. The molecular formula is C24H27N. The lowest BCUT2D eigenvalue weighted by atomic mass is 9.84. The van der Waals surface area contributed by atoms with Gasteiger partial charge in [0, 0.05) is 12.7 Å². The van der Waals surface area contributed by atoms with Crippen molar-refractivity contribution >= 4 is 5.57 Å². The van der Waals surface area contributed by atoms with Gasteiger partial charge in [-0.05, 0) is 58.2 Å². The number of nitrogens with zero attached hydrogens (tertiary/aromatic N) is 1. The number of rotatable bonds is 3. The van der Waals surface area contributed by atoms with Crippen LogP contribution in [0, 0.1) is 5.92 Å². The quantitative estimate of drug-likeness (QED) is 0.672. The predicted molar refractivity (Wildman–Crippen MR) is 106 cm³/mol. The molecule has 128 valence electrons. The molecular weight excluding hydrogens is 302 g/mol. The molecule has 2 aromatic rings. The van der Waals surface area contributed by atoms with E-state index < -0.39 is 0 Å². The van der Waals surface area contributed by atoms with Crippen LogP contribution in [0.2, 0.25) is 0 Å². The van der Waals surface area contributed by atoms with Gasteiger partial charge in [0.15, 0.2) is 0 Å². The van der Waals surface area contributed by atoms with Crippen molar-refractivity contribution in [1.29, 1.82) is 0 Å². The minimum absolute atomic E-state index is 0.364. The molecule has 2 heterocycles. The van der Waals surface area contributed by atoms with Crippen molar-refractivity contribution in [3.05, 3.63) is 89.1 Å². The van der Waals surface area contributed by atoms with Gasteiger partial charge >= 0.3 is 0 Å². The van der Waals surface area contributed by atoms with Crippen LogP contribution in [0.4, 0.5) is 0 Å². The van der Waals surface area contributed by atoms with Crippen molar-refractivity contribution in [2.24, 2.45) is 5.92 Å². The topological polar surface area (TPSA) is 3.24 Å². The maximum Gasteiger partial charge on any atom is 0.0733 e. The van der Waals surface area contributed by atoms with Crippen molar-refractivity contribution in [3.63, 3.8) is 0 Å². The Labute approximate surface area is 151 Å².